The van der Waals surface area contributed by atoms with Crippen molar-refractivity contribution < 1.29 is 13.2 Å². The molecule has 0 aliphatic rings. The monoisotopic (exact) mass is 355 g/mol. The van der Waals surface area contributed by atoms with Crippen molar-refractivity contribution in [2.24, 2.45) is 0 Å². The Morgan fingerprint density at radius 3 is 2.52 bits per heavy atom. The second kappa shape index (κ2) is 5.07. The number of hydrogen-bond acceptors (Lipinski definition) is 2. The van der Waals surface area contributed by atoms with Crippen molar-refractivity contribution in [3.63, 3.8) is 0 Å². The van der Waals surface area contributed by atoms with Crippen LogP contribution in [-0.2, 0) is 6.54 Å². The van der Waals surface area contributed by atoms with Gasteiger partial charge in [0.25, 0.3) is 0 Å². The number of fused-ring (bicyclic) bond motifs is 1. The summed E-state index contributed by atoms with van der Waals surface area (Å²) in [4.78, 5) is 4.06. The molecule has 0 saturated heterocycles. The number of nitrogens with two attached hydrogens (primary N) is 1. The molecule has 0 aliphatic carbocycles. The predicted molar refractivity (Wildman–Crippen MR) is 77.3 cm³/mol. The Kier molecular flexibility index (Phi) is 3.36. The Labute approximate surface area is 126 Å². The van der Waals surface area contributed by atoms with E-state index >= 15 is 0 Å². The third kappa shape index (κ3) is 2.49. The van der Waals surface area contributed by atoms with Crippen LogP contribution < -0.4 is 5.73 Å². The summed E-state index contributed by atoms with van der Waals surface area (Å²) in [7, 11) is 0. The number of anilines is 1. The largest absolute Gasteiger partial charge is 0.369 e. The first-order chi connectivity index (χ1) is 9.95. The maximum absolute atomic E-state index is 13.5. The summed E-state index contributed by atoms with van der Waals surface area (Å²) in [5, 5.41) is 0. The second-order valence-corrected chi connectivity index (χ2v) is 5.41. The molecule has 0 aliphatic heterocycles. The number of halogens is 4. The molecule has 3 nitrogen and oxygen atoms in total. The fraction of sp³-hybridized carbons (Fsp3) is 0.0714. The SMILES string of the molecule is Nc1nc2cc(F)c(Br)cc2n1Cc1ccc(F)c(F)c1. The Balaban J connectivity index is 2.09. The maximum Gasteiger partial charge on any atom is 0.201 e. The van der Waals surface area contributed by atoms with E-state index in [4.69, 9.17) is 5.73 Å². The molecular formula is C14H9BrF3N3. The fourth-order valence-electron chi connectivity index (χ4n) is 2.13. The van der Waals surface area contributed by atoms with Gasteiger partial charge in [0.15, 0.2) is 11.6 Å². The van der Waals surface area contributed by atoms with Crippen LogP contribution in [0, 0.1) is 17.5 Å². The molecule has 1 heterocycles. The van der Waals surface area contributed by atoms with Crippen LogP contribution in [0.2, 0.25) is 0 Å². The van der Waals surface area contributed by atoms with Crippen LogP contribution in [0.3, 0.4) is 0 Å². The highest BCUT2D eigenvalue weighted by Gasteiger charge is 2.13. The molecule has 0 bridgehead atoms. The zero-order valence-electron chi connectivity index (χ0n) is 10.6. The summed E-state index contributed by atoms with van der Waals surface area (Å²) in [6, 6.07) is 6.42. The molecule has 7 heteroatoms. The van der Waals surface area contributed by atoms with Crippen LogP contribution >= 0.6 is 15.9 Å². The highest BCUT2D eigenvalue weighted by Crippen LogP contribution is 2.26. The van der Waals surface area contributed by atoms with Crippen LogP contribution in [0.4, 0.5) is 19.1 Å². The van der Waals surface area contributed by atoms with Crippen LogP contribution in [-0.4, -0.2) is 9.55 Å². The quantitative estimate of drug-likeness (QED) is 0.758. The van der Waals surface area contributed by atoms with E-state index in [9.17, 15) is 13.2 Å². The van der Waals surface area contributed by atoms with E-state index in [1.165, 1.54) is 12.1 Å². The third-order valence-electron chi connectivity index (χ3n) is 3.14. The molecule has 0 atom stereocenters. The molecule has 3 aromatic rings. The zero-order valence-corrected chi connectivity index (χ0v) is 12.2. The lowest BCUT2D eigenvalue weighted by Gasteiger charge is -2.07. The fourth-order valence-corrected chi connectivity index (χ4v) is 2.46. The van der Waals surface area contributed by atoms with E-state index in [2.05, 4.69) is 20.9 Å². The molecule has 0 unspecified atom stereocenters. The smallest absolute Gasteiger partial charge is 0.201 e. The molecule has 108 valence electrons. The highest BCUT2D eigenvalue weighted by atomic mass is 79.9. The predicted octanol–water partition coefficient (Wildman–Crippen LogP) is 3.85. The first kappa shape index (κ1) is 13.9. The van der Waals surface area contributed by atoms with E-state index < -0.39 is 17.5 Å². The number of hydrogen-bond donors (Lipinski definition) is 1. The van der Waals surface area contributed by atoms with Crippen LogP contribution in [0.5, 0.6) is 0 Å². The average molecular weight is 356 g/mol. The van der Waals surface area contributed by atoms with E-state index in [1.54, 1.807) is 10.6 Å². The molecule has 0 spiro atoms. The van der Waals surface area contributed by atoms with E-state index in [0.717, 1.165) is 12.1 Å². The molecule has 2 N–H and O–H groups in total. The van der Waals surface area contributed by atoms with Crippen molar-refractivity contribution in [3.05, 3.63) is 57.8 Å². The lowest BCUT2D eigenvalue weighted by Crippen LogP contribution is -2.05. The van der Waals surface area contributed by atoms with Gasteiger partial charge in [-0.2, -0.15) is 0 Å². The lowest BCUT2D eigenvalue weighted by molar-refractivity contribution is 0.506. The van der Waals surface area contributed by atoms with Gasteiger partial charge in [-0.25, -0.2) is 18.2 Å². The summed E-state index contributed by atoms with van der Waals surface area (Å²) in [6.07, 6.45) is 0. The van der Waals surface area contributed by atoms with E-state index in [1.807, 2.05) is 0 Å². The minimum atomic E-state index is -0.928. The first-order valence-corrected chi connectivity index (χ1v) is 6.79. The minimum Gasteiger partial charge on any atom is -0.369 e. The molecular weight excluding hydrogens is 347 g/mol. The zero-order chi connectivity index (χ0) is 15.1. The van der Waals surface area contributed by atoms with Crippen molar-refractivity contribution in [3.8, 4) is 0 Å². The first-order valence-electron chi connectivity index (χ1n) is 6.00. The second-order valence-electron chi connectivity index (χ2n) is 4.56. The lowest BCUT2D eigenvalue weighted by atomic mass is 10.2. The van der Waals surface area contributed by atoms with Gasteiger partial charge in [-0.1, -0.05) is 6.07 Å². The minimum absolute atomic E-state index is 0.173. The van der Waals surface area contributed by atoms with Gasteiger partial charge in [-0.15, -0.1) is 0 Å². The van der Waals surface area contributed by atoms with Crippen LogP contribution in [0.25, 0.3) is 11.0 Å². The van der Waals surface area contributed by atoms with Crippen molar-refractivity contribution in [1.29, 1.82) is 0 Å². The van der Waals surface area contributed by atoms with Crippen molar-refractivity contribution >= 4 is 32.9 Å². The van der Waals surface area contributed by atoms with Gasteiger partial charge in [0.05, 0.1) is 22.1 Å². The number of imidazole rings is 1. The standard InChI is InChI=1S/C14H9BrF3N3/c15-8-4-13-12(5-10(8)17)20-14(19)21(13)6-7-1-2-9(16)11(18)3-7/h1-5H,6H2,(H2,19,20). The third-order valence-corrected chi connectivity index (χ3v) is 3.75. The summed E-state index contributed by atoms with van der Waals surface area (Å²) in [6.45, 7) is 0.206. The number of nitrogens with zero attached hydrogens (tertiary/aromatic N) is 2. The van der Waals surface area contributed by atoms with Gasteiger partial charge in [0.1, 0.15) is 5.82 Å². The number of rotatable bonds is 2. The highest BCUT2D eigenvalue weighted by molar-refractivity contribution is 9.10. The Bertz CT molecular complexity index is 845. The molecule has 3 rings (SSSR count). The topological polar surface area (TPSA) is 43.8 Å². The van der Waals surface area contributed by atoms with Crippen molar-refractivity contribution in [2.45, 2.75) is 6.54 Å². The van der Waals surface area contributed by atoms with Gasteiger partial charge >= 0.3 is 0 Å². The molecule has 0 saturated carbocycles. The average Bonchev–Trinajstić information content (AvgIpc) is 2.71. The Hall–Kier alpha value is -2.02. The van der Waals surface area contributed by atoms with Crippen LogP contribution in [0.1, 0.15) is 5.56 Å². The van der Waals surface area contributed by atoms with Crippen molar-refractivity contribution in [1.82, 2.24) is 9.55 Å². The molecule has 0 radical (unpaired) electrons. The summed E-state index contributed by atoms with van der Waals surface area (Å²) >= 11 is 3.10. The van der Waals surface area contributed by atoms with Gasteiger partial charge in [0, 0.05) is 6.07 Å². The van der Waals surface area contributed by atoms with Gasteiger partial charge in [-0.3, -0.25) is 0 Å². The molecule has 1 aromatic heterocycles. The van der Waals surface area contributed by atoms with E-state index in [0.29, 0.717) is 16.6 Å². The van der Waals surface area contributed by atoms with Gasteiger partial charge < -0.3 is 10.3 Å². The van der Waals surface area contributed by atoms with Crippen LogP contribution in [0.15, 0.2) is 34.8 Å². The summed E-state index contributed by atoms with van der Waals surface area (Å²) < 4.78 is 41.6. The van der Waals surface area contributed by atoms with Gasteiger partial charge in [0.2, 0.25) is 5.95 Å². The normalized spacial score (nSPS) is 11.2. The number of benzene rings is 2. The van der Waals surface area contributed by atoms with E-state index in [-0.39, 0.29) is 17.0 Å². The van der Waals surface area contributed by atoms with Crippen molar-refractivity contribution in [2.75, 3.05) is 5.73 Å². The summed E-state index contributed by atoms with van der Waals surface area (Å²) in [5.41, 5.74) is 7.34. The Morgan fingerprint density at radius 2 is 1.81 bits per heavy atom. The number of aromatic nitrogens is 2. The molecule has 2 aromatic carbocycles. The molecule has 21 heavy (non-hydrogen) atoms. The molecule has 0 amide bonds. The number of nitrogen functional groups attached to an aromatic ring is 1. The summed E-state index contributed by atoms with van der Waals surface area (Å²) in [5.74, 6) is -2.11. The Morgan fingerprint density at radius 1 is 1.05 bits per heavy atom. The molecule has 0 fully saturated rings. The maximum atomic E-state index is 13.5. The van der Waals surface area contributed by atoms with Gasteiger partial charge in [-0.05, 0) is 39.7 Å².